The molecule has 0 spiro atoms. The molecule has 50 heavy (non-hydrogen) atoms. The van der Waals surface area contributed by atoms with E-state index in [4.69, 9.17) is 0 Å². The van der Waals surface area contributed by atoms with Crippen LogP contribution in [0, 0.1) is 69.2 Å². The maximum atomic E-state index is 2.74. The van der Waals surface area contributed by atoms with E-state index in [-0.39, 0.29) is 58.9 Å². The van der Waals surface area contributed by atoms with Crippen LogP contribution in [0.2, 0.25) is 58.9 Å². The topological polar surface area (TPSA) is 0 Å². The van der Waals surface area contributed by atoms with Gasteiger partial charge in [0.1, 0.15) is 8.07 Å². The zero-order valence-electron chi connectivity index (χ0n) is 34.6. The number of rotatable bonds is 7. The van der Waals surface area contributed by atoms with Gasteiger partial charge in [0.15, 0.2) is 0 Å². The second-order valence-corrected chi connectivity index (χ2v) is 36.6. The predicted octanol–water partition coefficient (Wildman–Crippen LogP) is -1.49. The SMILES string of the molecule is Cc1cc([Si](C)(C)C)cc([Si](c2cc([Si](C)(C)C)cc(C)c2C)(c2cc([Si](C)(C)C)cc(C)c2C)[c-]2c(C)c(C)c(C)c2C)c1C.[Cl-].[Cl-].[Cl-].[Ti+4]. The second kappa shape index (κ2) is 16.9. The third-order valence-electron chi connectivity index (χ3n) is 11.6. The number of aryl methyl sites for hydroxylation is 3. The second-order valence-electron chi connectivity index (χ2n) is 17.8. The Morgan fingerprint density at radius 3 is 0.780 bits per heavy atom. The number of hydrogen-bond donors (Lipinski definition) is 0. The summed E-state index contributed by atoms with van der Waals surface area (Å²) in [4.78, 5) is 0. The third-order valence-corrected chi connectivity index (χ3v) is 23.2. The Kier molecular flexibility index (Phi) is 16.7. The summed E-state index contributed by atoms with van der Waals surface area (Å²) in [5, 5.41) is 11.3. The first-order valence-electron chi connectivity index (χ1n) is 17.5. The first kappa shape index (κ1) is 49.5. The van der Waals surface area contributed by atoms with Gasteiger partial charge in [0.2, 0.25) is 0 Å². The quantitative estimate of drug-likeness (QED) is 0.121. The van der Waals surface area contributed by atoms with Crippen LogP contribution in [-0.2, 0) is 21.7 Å². The molecule has 0 aliphatic heterocycles. The van der Waals surface area contributed by atoms with E-state index in [2.05, 4.69) is 165 Å². The van der Waals surface area contributed by atoms with Crippen molar-refractivity contribution in [1.82, 2.24) is 0 Å². The van der Waals surface area contributed by atoms with Gasteiger partial charge in [0, 0.05) is 0 Å². The normalized spacial score (nSPS) is 12.1. The van der Waals surface area contributed by atoms with Crippen LogP contribution < -0.4 is 73.5 Å². The number of benzene rings is 3. The van der Waals surface area contributed by atoms with Crippen molar-refractivity contribution < 1.29 is 58.9 Å². The first-order chi connectivity index (χ1) is 20.9. The van der Waals surface area contributed by atoms with Gasteiger partial charge in [-0.1, -0.05) is 154 Å². The van der Waals surface area contributed by atoms with Crippen molar-refractivity contribution in [2.24, 2.45) is 0 Å². The van der Waals surface area contributed by atoms with E-state index < -0.39 is 32.3 Å². The summed E-state index contributed by atoms with van der Waals surface area (Å²) in [5.74, 6) is 0. The summed E-state index contributed by atoms with van der Waals surface area (Å²) in [6.07, 6.45) is 0. The fraction of sp³-hybridized carbons (Fsp3) is 0.452. The van der Waals surface area contributed by atoms with Gasteiger partial charge < -0.3 is 37.2 Å². The molecule has 0 aromatic heterocycles. The summed E-state index contributed by atoms with van der Waals surface area (Å²) >= 11 is 0. The molecule has 0 atom stereocenters. The fourth-order valence-corrected chi connectivity index (χ4v) is 18.4. The number of hydrogen-bond acceptors (Lipinski definition) is 0. The molecule has 0 fully saturated rings. The van der Waals surface area contributed by atoms with Gasteiger partial charge in [-0.15, -0.1) is 5.19 Å². The molecule has 4 aromatic carbocycles. The van der Waals surface area contributed by atoms with E-state index in [9.17, 15) is 0 Å². The zero-order chi connectivity index (χ0) is 35.1. The van der Waals surface area contributed by atoms with Gasteiger partial charge in [-0.25, -0.2) is 0 Å². The van der Waals surface area contributed by atoms with Crippen LogP contribution in [0.1, 0.15) is 55.6 Å². The molecule has 0 unspecified atom stereocenters. The summed E-state index contributed by atoms with van der Waals surface area (Å²) in [5.41, 5.74) is 14.8. The maximum Gasteiger partial charge on any atom is 4.00 e. The van der Waals surface area contributed by atoms with Crippen LogP contribution in [0.4, 0.5) is 0 Å². The van der Waals surface area contributed by atoms with E-state index >= 15 is 0 Å². The first-order valence-corrected chi connectivity index (χ1v) is 30.0. The summed E-state index contributed by atoms with van der Waals surface area (Å²) < 4.78 is 0. The van der Waals surface area contributed by atoms with Crippen LogP contribution in [-0.4, -0.2) is 32.3 Å². The molecule has 0 saturated heterocycles. The van der Waals surface area contributed by atoms with Gasteiger partial charge in [-0.3, -0.25) is 0 Å². The standard InChI is InChI=1S/C42H63Si4.3ClH.Ti/c1-26-20-36(43(11,12)13)23-39(29(26)4)46(42-34(9)32(7)33(8)35(42)10,40-24-37(44(14,15)16)21-27(2)30(40)5)41-25-38(45(17,18)19)22-28(3)31(41)6;;;;/h20-25H,1-19H3;3*1H;/q-1;;;;+4/p-3. The molecule has 0 saturated carbocycles. The van der Waals surface area contributed by atoms with Crippen LogP contribution in [0.15, 0.2) is 36.4 Å². The molecule has 0 bridgehead atoms. The minimum absolute atomic E-state index is 0. The van der Waals surface area contributed by atoms with E-state index in [0.717, 1.165) is 0 Å². The fourth-order valence-electron chi connectivity index (χ4n) is 7.67. The molecule has 0 amide bonds. The van der Waals surface area contributed by atoms with Crippen molar-refractivity contribution in [2.45, 2.75) is 128 Å². The molecule has 0 radical (unpaired) electrons. The largest absolute Gasteiger partial charge is 4.00 e. The Morgan fingerprint density at radius 2 is 0.580 bits per heavy atom. The summed E-state index contributed by atoms with van der Waals surface area (Å²) in [6, 6.07) is 15.8. The molecule has 8 heteroatoms. The molecular weight excluding hydrogens is 771 g/mol. The number of halogens is 3. The monoisotopic (exact) mass is 832 g/mol. The molecule has 272 valence electrons. The molecule has 0 N–H and O–H groups in total. The molecule has 4 rings (SSSR count). The van der Waals surface area contributed by atoms with Crippen molar-refractivity contribution in [2.75, 3.05) is 0 Å². The molecule has 0 nitrogen and oxygen atoms in total. The van der Waals surface area contributed by atoms with Crippen LogP contribution in [0.3, 0.4) is 0 Å². The van der Waals surface area contributed by atoms with Gasteiger partial charge in [0.05, 0.1) is 24.2 Å². The smallest absolute Gasteiger partial charge is 1.00 e. The van der Waals surface area contributed by atoms with Crippen LogP contribution in [0.5, 0.6) is 0 Å². The van der Waals surface area contributed by atoms with E-state index in [1.54, 1.807) is 36.3 Å². The zero-order valence-corrected chi connectivity index (χ0v) is 42.4. The van der Waals surface area contributed by atoms with Crippen molar-refractivity contribution in [3.8, 4) is 0 Å². The van der Waals surface area contributed by atoms with Gasteiger partial charge in [-0.05, 0) is 74.9 Å². The Morgan fingerprint density at radius 1 is 0.360 bits per heavy atom. The third kappa shape index (κ3) is 8.55. The van der Waals surface area contributed by atoms with E-state index in [1.807, 2.05) is 0 Å². The Balaban J connectivity index is 0.00000600. The minimum atomic E-state index is -2.89. The van der Waals surface area contributed by atoms with E-state index in [1.165, 1.54) is 55.6 Å². The molecule has 0 heterocycles. The van der Waals surface area contributed by atoms with Crippen molar-refractivity contribution >= 4 is 68.6 Å². The van der Waals surface area contributed by atoms with Crippen LogP contribution >= 0.6 is 0 Å². The Labute approximate surface area is 345 Å². The Bertz CT molecular complexity index is 1660. The molecule has 0 aliphatic rings. The van der Waals surface area contributed by atoms with E-state index in [0.29, 0.717) is 0 Å². The molecular formula is C42H63Cl3Si4Ti. The molecule has 4 aromatic rings. The van der Waals surface area contributed by atoms with Crippen molar-refractivity contribution in [3.05, 3.63) is 92.0 Å². The summed E-state index contributed by atoms with van der Waals surface area (Å²) in [6.45, 7) is 46.9. The maximum absolute atomic E-state index is 2.89. The average Bonchev–Trinajstić information content (AvgIpc) is 3.11. The van der Waals surface area contributed by atoms with Crippen LogP contribution in [0.25, 0.3) is 0 Å². The van der Waals surface area contributed by atoms with Gasteiger partial charge in [-0.2, -0.15) is 22.3 Å². The average molecular weight is 835 g/mol. The van der Waals surface area contributed by atoms with Gasteiger partial charge in [0.25, 0.3) is 0 Å². The Hall–Kier alpha value is -0.538. The molecule has 0 aliphatic carbocycles. The predicted molar refractivity (Wildman–Crippen MR) is 222 cm³/mol. The van der Waals surface area contributed by atoms with Gasteiger partial charge >= 0.3 is 21.7 Å². The summed E-state index contributed by atoms with van der Waals surface area (Å²) in [7, 11) is -7.78. The van der Waals surface area contributed by atoms with Crippen molar-refractivity contribution in [1.29, 1.82) is 0 Å². The minimum Gasteiger partial charge on any atom is -1.00 e. The van der Waals surface area contributed by atoms with Crippen molar-refractivity contribution in [3.63, 3.8) is 0 Å².